The molecule has 0 heterocycles. The molecule has 6 heteroatoms. The molecule has 0 radical (unpaired) electrons. The number of benzene rings is 1. The van der Waals surface area contributed by atoms with Crippen molar-refractivity contribution < 1.29 is 19.4 Å². The number of hydrogen-bond acceptors (Lipinski definition) is 4. The number of nitrogens with zero attached hydrogens (tertiary/aromatic N) is 1. The Morgan fingerprint density at radius 1 is 1.37 bits per heavy atom. The summed E-state index contributed by atoms with van der Waals surface area (Å²) in [6.07, 6.45) is 0. The molecule has 5 nitrogen and oxygen atoms in total. The second-order valence-electron chi connectivity index (χ2n) is 3.86. The number of methoxy groups -OCH3 is 2. The van der Waals surface area contributed by atoms with Crippen LogP contribution in [-0.4, -0.2) is 55.7 Å². The molecule has 1 aromatic carbocycles. The molecule has 0 aliphatic heterocycles. The predicted molar refractivity (Wildman–Crippen MR) is 73.2 cm³/mol. The molecule has 0 saturated carbocycles. The summed E-state index contributed by atoms with van der Waals surface area (Å²) < 4.78 is 10.0. The molecule has 0 saturated heterocycles. The van der Waals surface area contributed by atoms with Crippen LogP contribution < -0.4 is 4.74 Å². The van der Waals surface area contributed by atoms with E-state index in [1.165, 1.54) is 24.1 Å². The first kappa shape index (κ1) is 15.6. The van der Waals surface area contributed by atoms with Gasteiger partial charge in [-0.3, -0.25) is 4.79 Å². The average Bonchev–Trinajstić information content (AvgIpc) is 2.43. The maximum atomic E-state index is 12.3. The predicted octanol–water partition coefficient (Wildman–Crippen LogP) is 1.73. The maximum Gasteiger partial charge on any atom is 0.257 e. The van der Waals surface area contributed by atoms with Crippen molar-refractivity contribution in [1.82, 2.24) is 4.90 Å². The zero-order valence-electron chi connectivity index (χ0n) is 11.1. The molecule has 0 bridgehead atoms. The Hall–Kier alpha value is -1.46. The van der Waals surface area contributed by atoms with Crippen molar-refractivity contribution in [3.05, 3.63) is 23.8 Å². The lowest BCUT2D eigenvalue weighted by atomic mass is 10.1. The van der Waals surface area contributed by atoms with Crippen molar-refractivity contribution in [1.29, 1.82) is 0 Å². The summed E-state index contributed by atoms with van der Waals surface area (Å²) in [6.45, 7) is 1.21. The van der Waals surface area contributed by atoms with Crippen molar-refractivity contribution in [2.24, 2.45) is 0 Å². The molecule has 1 rings (SSSR count). The Kier molecular flexibility index (Phi) is 6.45. The van der Waals surface area contributed by atoms with E-state index in [1.807, 2.05) is 0 Å². The lowest BCUT2D eigenvalue weighted by molar-refractivity contribution is 0.0704. The summed E-state index contributed by atoms with van der Waals surface area (Å²) in [6, 6.07) is 4.53. The number of phenolic OH excluding ortho intramolecular Hbond substituents is 1. The summed E-state index contributed by atoms with van der Waals surface area (Å²) >= 11 is 5.68. The summed E-state index contributed by atoms with van der Waals surface area (Å²) in [5.74, 6) is 0.454. The van der Waals surface area contributed by atoms with Gasteiger partial charge in [-0.15, -0.1) is 11.6 Å². The molecule has 0 unspecified atom stereocenters. The van der Waals surface area contributed by atoms with Crippen molar-refractivity contribution in [2.75, 3.05) is 39.8 Å². The van der Waals surface area contributed by atoms with Gasteiger partial charge in [0.05, 0.1) is 19.3 Å². The zero-order chi connectivity index (χ0) is 14.3. The fraction of sp³-hybridized carbons (Fsp3) is 0.462. The van der Waals surface area contributed by atoms with E-state index in [4.69, 9.17) is 21.1 Å². The molecule has 0 atom stereocenters. The fourth-order valence-electron chi connectivity index (χ4n) is 1.60. The van der Waals surface area contributed by atoms with Crippen molar-refractivity contribution in [3.63, 3.8) is 0 Å². The first-order valence-electron chi connectivity index (χ1n) is 5.85. The number of phenols is 1. The quantitative estimate of drug-likeness (QED) is 0.776. The molecule has 106 valence electrons. The number of alkyl halides is 1. The van der Waals surface area contributed by atoms with E-state index in [0.29, 0.717) is 31.3 Å². The van der Waals surface area contributed by atoms with Crippen LogP contribution in [-0.2, 0) is 4.74 Å². The highest BCUT2D eigenvalue weighted by Crippen LogP contribution is 2.24. The number of rotatable bonds is 7. The number of amides is 1. The topological polar surface area (TPSA) is 59.0 Å². The molecular weight excluding hydrogens is 270 g/mol. The van der Waals surface area contributed by atoms with Crippen LogP contribution in [0.1, 0.15) is 10.4 Å². The van der Waals surface area contributed by atoms with Crippen molar-refractivity contribution >= 4 is 17.5 Å². The second-order valence-corrected chi connectivity index (χ2v) is 4.24. The first-order valence-corrected chi connectivity index (χ1v) is 6.38. The van der Waals surface area contributed by atoms with Crippen molar-refractivity contribution in [3.8, 4) is 11.5 Å². The Bertz CT molecular complexity index is 425. The van der Waals surface area contributed by atoms with Crippen LogP contribution in [0.3, 0.4) is 0 Å². The van der Waals surface area contributed by atoms with E-state index in [-0.39, 0.29) is 17.2 Å². The number of hydrogen-bond donors (Lipinski definition) is 1. The maximum absolute atomic E-state index is 12.3. The van der Waals surface area contributed by atoms with Gasteiger partial charge in [-0.2, -0.15) is 0 Å². The number of halogens is 1. The van der Waals surface area contributed by atoms with Gasteiger partial charge in [-0.05, 0) is 18.2 Å². The van der Waals surface area contributed by atoms with Crippen LogP contribution in [0, 0.1) is 0 Å². The number of carbonyl (C=O) groups is 1. The van der Waals surface area contributed by atoms with Gasteiger partial charge >= 0.3 is 0 Å². The largest absolute Gasteiger partial charge is 0.507 e. The molecule has 0 aromatic heterocycles. The normalized spacial score (nSPS) is 10.3. The Morgan fingerprint density at radius 2 is 2.11 bits per heavy atom. The standard InChI is InChI=1S/C13H18ClNO4/c1-18-8-7-15(6-5-14)13(17)11-9-10(19-2)3-4-12(11)16/h3-4,9,16H,5-8H2,1-2H3. The highest BCUT2D eigenvalue weighted by atomic mass is 35.5. The van der Waals surface area contributed by atoms with Gasteiger partial charge in [-0.25, -0.2) is 0 Å². The lowest BCUT2D eigenvalue weighted by Crippen LogP contribution is -2.35. The zero-order valence-corrected chi connectivity index (χ0v) is 11.8. The second kappa shape index (κ2) is 7.86. The van der Waals surface area contributed by atoms with Crippen molar-refractivity contribution in [2.45, 2.75) is 0 Å². The van der Waals surface area contributed by atoms with E-state index in [0.717, 1.165) is 0 Å². The summed E-state index contributed by atoms with van der Waals surface area (Å²) in [5, 5.41) is 9.78. The third kappa shape index (κ3) is 4.29. The molecule has 1 amide bonds. The fourth-order valence-corrected chi connectivity index (χ4v) is 1.81. The van der Waals surface area contributed by atoms with Gasteiger partial charge in [0.1, 0.15) is 11.5 Å². The van der Waals surface area contributed by atoms with Gasteiger partial charge in [0, 0.05) is 26.1 Å². The Balaban J connectivity index is 2.94. The van der Waals surface area contributed by atoms with E-state index >= 15 is 0 Å². The minimum Gasteiger partial charge on any atom is -0.507 e. The highest BCUT2D eigenvalue weighted by Gasteiger charge is 2.19. The van der Waals surface area contributed by atoms with Crippen LogP contribution in [0.15, 0.2) is 18.2 Å². The van der Waals surface area contributed by atoms with Crippen LogP contribution >= 0.6 is 11.6 Å². The SMILES string of the molecule is COCCN(CCCl)C(=O)c1cc(OC)ccc1O. The van der Waals surface area contributed by atoms with Gasteiger partial charge in [0.25, 0.3) is 5.91 Å². The van der Waals surface area contributed by atoms with Gasteiger partial charge < -0.3 is 19.5 Å². The van der Waals surface area contributed by atoms with E-state index in [1.54, 1.807) is 13.2 Å². The summed E-state index contributed by atoms with van der Waals surface area (Å²) in [7, 11) is 3.06. The molecule has 0 spiro atoms. The van der Waals surface area contributed by atoms with E-state index in [9.17, 15) is 9.90 Å². The lowest BCUT2D eigenvalue weighted by Gasteiger charge is -2.22. The molecule has 0 aliphatic carbocycles. The summed E-state index contributed by atoms with van der Waals surface area (Å²) in [5.41, 5.74) is 0.195. The average molecular weight is 288 g/mol. The molecule has 19 heavy (non-hydrogen) atoms. The van der Waals surface area contributed by atoms with Gasteiger partial charge in [-0.1, -0.05) is 0 Å². The van der Waals surface area contributed by atoms with Crippen LogP contribution in [0.2, 0.25) is 0 Å². The number of aromatic hydroxyl groups is 1. The molecule has 0 fully saturated rings. The minimum atomic E-state index is -0.297. The summed E-state index contributed by atoms with van der Waals surface area (Å²) in [4.78, 5) is 13.9. The molecule has 0 aliphatic rings. The smallest absolute Gasteiger partial charge is 0.257 e. The van der Waals surface area contributed by atoms with Crippen LogP contribution in [0.25, 0.3) is 0 Å². The Morgan fingerprint density at radius 3 is 2.68 bits per heavy atom. The third-order valence-corrected chi connectivity index (χ3v) is 2.81. The van der Waals surface area contributed by atoms with Crippen LogP contribution in [0.4, 0.5) is 0 Å². The number of carbonyl (C=O) groups excluding carboxylic acids is 1. The third-order valence-electron chi connectivity index (χ3n) is 2.64. The first-order chi connectivity index (χ1) is 9.13. The van der Waals surface area contributed by atoms with Crippen LogP contribution in [0.5, 0.6) is 11.5 Å². The molecule has 1 N–H and O–H groups in total. The van der Waals surface area contributed by atoms with Gasteiger partial charge in [0.15, 0.2) is 0 Å². The molecular formula is C13H18ClNO4. The van der Waals surface area contributed by atoms with Gasteiger partial charge in [0.2, 0.25) is 0 Å². The number of ether oxygens (including phenoxy) is 2. The van der Waals surface area contributed by atoms with E-state index in [2.05, 4.69) is 0 Å². The van der Waals surface area contributed by atoms with E-state index < -0.39 is 0 Å². The monoisotopic (exact) mass is 287 g/mol. The molecule has 1 aromatic rings. The Labute approximate surface area is 117 Å². The highest BCUT2D eigenvalue weighted by molar-refractivity contribution is 6.18. The minimum absolute atomic E-state index is 0.0808.